The van der Waals surface area contributed by atoms with Gasteiger partial charge < -0.3 is 5.32 Å². The van der Waals surface area contributed by atoms with Crippen LogP contribution in [0.15, 0.2) is 54.7 Å². The number of benzene rings is 2. The minimum absolute atomic E-state index is 0.356. The van der Waals surface area contributed by atoms with Crippen molar-refractivity contribution in [2.45, 2.75) is 33.2 Å². The van der Waals surface area contributed by atoms with E-state index in [4.69, 9.17) is 0 Å². The van der Waals surface area contributed by atoms with E-state index in [1.807, 2.05) is 18.2 Å². The summed E-state index contributed by atoms with van der Waals surface area (Å²) in [6, 6.07) is 15.4. The first kappa shape index (κ1) is 19.8. The van der Waals surface area contributed by atoms with Gasteiger partial charge in [-0.1, -0.05) is 44.2 Å². The second-order valence-electron chi connectivity index (χ2n) is 7.00. The molecule has 0 fully saturated rings. The first-order valence-corrected chi connectivity index (χ1v) is 9.85. The van der Waals surface area contributed by atoms with Crippen LogP contribution in [0, 0.1) is 0 Å². The van der Waals surface area contributed by atoms with Crippen LogP contribution in [-0.4, -0.2) is 29.8 Å². The number of hydrogen-bond acceptors (Lipinski definition) is 4. The predicted molar refractivity (Wildman–Crippen MR) is 113 cm³/mol. The average molecular weight is 377 g/mol. The third-order valence-electron chi connectivity index (χ3n) is 4.76. The lowest BCUT2D eigenvalue weighted by Gasteiger charge is -2.21. The number of amides is 2. The number of fused-ring (bicyclic) bond motifs is 1. The highest BCUT2D eigenvalue weighted by molar-refractivity contribution is 6.31. The second-order valence-corrected chi connectivity index (χ2v) is 7.00. The standard InChI is InChI=1S/C23H27N3O2/c1-3-13-26(14-4-2)16-17-9-11-18(12-10-17)24-15-21-19-7-5-6-8-20(19)22(27)25-23(21)28/h5-12,15,24H,3-4,13-14,16H2,1-2H3,(H,25,27,28). The maximum atomic E-state index is 12.2. The van der Waals surface area contributed by atoms with Crippen molar-refractivity contribution in [3.63, 3.8) is 0 Å². The minimum atomic E-state index is -0.386. The number of anilines is 1. The molecule has 2 amide bonds. The Kier molecular flexibility index (Phi) is 6.61. The third kappa shape index (κ3) is 4.67. The Morgan fingerprint density at radius 1 is 0.893 bits per heavy atom. The molecule has 3 rings (SSSR count). The molecule has 1 aliphatic rings. The molecule has 28 heavy (non-hydrogen) atoms. The molecule has 0 radical (unpaired) electrons. The van der Waals surface area contributed by atoms with Crippen LogP contribution < -0.4 is 10.6 Å². The van der Waals surface area contributed by atoms with E-state index in [0.717, 1.165) is 38.2 Å². The van der Waals surface area contributed by atoms with E-state index in [-0.39, 0.29) is 11.8 Å². The quantitative estimate of drug-likeness (QED) is 0.539. The van der Waals surface area contributed by atoms with Crippen molar-refractivity contribution >= 4 is 23.1 Å². The molecule has 0 atom stereocenters. The van der Waals surface area contributed by atoms with Crippen LogP contribution in [0.5, 0.6) is 0 Å². The molecule has 146 valence electrons. The normalized spacial score (nSPS) is 14.9. The molecular weight excluding hydrogens is 350 g/mol. The fraction of sp³-hybridized carbons (Fsp3) is 0.304. The van der Waals surface area contributed by atoms with E-state index in [9.17, 15) is 9.59 Å². The molecule has 0 saturated heterocycles. The van der Waals surface area contributed by atoms with Gasteiger partial charge in [0.25, 0.3) is 11.8 Å². The molecule has 1 heterocycles. The van der Waals surface area contributed by atoms with Gasteiger partial charge in [-0.2, -0.15) is 0 Å². The zero-order valence-corrected chi connectivity index (χ0v) is 16.5. The number of carbonyl (C=O) groups is 2. The largest absolute Gasteiger partial charge is 0.361 e. The molecule has 0 unspecified atom stereocenters. The Hall–Kier alpha value is -2.92. The number of carbonyl (C=O) groups excluding carboxylic acids is 2. The molecular formula is C23H27N3O2. The lowest BCUT2D eigenvalue weighted by Crippen LogP contribution is -2.36. The van der Waals surface area contributed by atoms with E-state index in [1.165, 1.54) is 5.56 Å². The van der Waals surface area contributed by atoms with Crippen molar-refractivity contribution < 1.29 is 9.59 Å². The lowest BCUT2D eigenvalue weighted by molar-refractivity contribution is -0.114. The van der Waals surface area contributed by atoms with Crippen molar-refractivity contribution in [2.24, 2.45) is 0 Å². The second kappa shape index (κ2) is 9.33. The molecule has 5 heteroatoms. The van der Waals surface area contributed by atoms with Crippen molar-refractivity contribution in [1.82, 2.24) is 10.2 Å². The third-order valence-corrected chi connectivity index (χ3v) is 4.76. The van der Waals surface area contributed by atoms with Gasteiger partial charge in [-0.05, 0) is 49.7 Å². The summed E-state index contributed by atoms with van der Waals surface area (Å²) in [4.78, 5) is 26.7. The zero-order chi connectivity index (χ0) is 19.9. The Bertz CT molecular complexity index is 866. The highest BCUT2D eigenvalue weighted by Gasteiger charge is 2.26. The minimum Gasteiger partial charge on any atom is -0.361 e. The summed E-state index contributed by atoms with van der Waals surface area (Å²) in [5, 5.41) is 5.57. The fourth-order valence-corrected chi connectivity index (χ4v) is 3.44. The van der Waals surface area contributed by atoms with Gasteiger partial charge in [-0.15, -0.1) is 0 Å². The van der Waals surface area contributed by atoms with Crippen LogP contribution in [0.3, 0.4) is 0 Å². The Morgan fingerprint density at radius 3 is 2.18 bits per heavy atom. The lowest BCUT2D eigenvalue weighted by atomic mass is 9.96. The Morgan fingerprint density at radius 2 is 1.54 bits per heavy atom. The topological polar surface area (TPSA) is 61.4 Å². The highest BCUT2D eigenvalue weighted by atomic mass is 16.2. The molecule has 2 aromatic rings. The van der Waals surface area contributed by atoms with E-state index in [2.05, 4.69) is 41.5 Å². The van der Waals surface area contributed by atoms with Gasteiger partial charge in [-0.3, -0.25) is 19.8 Å². The first-order chi connectivity index (χ1) is 13.6. The maximum absolute atomic E-state index is 12.2. The number of nitrogens with zero attached hydrogens (tertiary/aromatic N) is 1. The van der Waals surface area contributed by atoms with Crippen LogP contribution in [-0.2, 0) is 11.3 Å². The van der Waals surface area contributed by atoms with Gasteiger partial charge in [0, 0.05) is 29.6 Å². The zero-order valence-electron chi connectivity index (χ0n) is 16.5. The van der Waals surface area contributed by atoms with Gasteiger partial charge >= 0.3 is 0 Å². The summed E-state index contributed by atoms with van der Waals surface area (Å²) in [7, 11) is 0. The first-order valence-electron chi connectivity index (χ1n) is 9.85. The molecule has 0 aromatic heterocycles. The van der Waals surface area contributed by atoms with E-state index >= 15 is 0 Å². The van der Waals surface area contributed by atoms with E-state index in [0.29, 0.717) is 16.7 Å². The number of rotatable bonds is 8. The summed E-state index contributed by atoms with van der Waals surface area (Å²) >= 11 is 0. The van der Waals surface area contributed by atoms with Crippen molar-refractivity contribution in [2.75, 3.05) is 18.4 Å². The van der Waals surface area contributed by atoms with Gasteiger partial charge in [0.15, 0.2) is 0 Å². The maximum Gasteiger partial charge on any atom is 0.260 e. The number of hydrogen-bond donors (Lipinski definition) is 2. The molecule has 2 aromatic carbocycles. The summed E-state index contributed by atoms with van der Waals surface area (Å²) in [5.74, 6) is -0.742. The van der Waals surface area contributed by atoms with Crippen molar-refractivity contribution in [3.8, 4) is 0 Å². The average Bonchev–Trinajstić information content (AvgIpc) is 2.69. The Labute approximate surface area is 166 Å². The number of nitrogens with one attached hydrogen (secondary N) is 2. The summed E-state index contributed by atoms with van der Waals surface area (Å²) in [5.41, 5.74) is 3.78. The summed E-state index contributed by atoms with van der Waals surface area (Å²) in [6.07, 6.45) is 3.97. The van der Waals surface area contributed by atoms with Crippen LogP contribution in [0.25, 0.3) is 5.57 Å². The van der Waals surface area contributed by atoms with Crippen molar-refractivity contribution in [3.05, 3.63) is 71.4 Å². The van der Waals surface area contributed by atoms with Crippen LogP contribution >= 0.6 is 0 Å². The predicted octanol–water partition coefficient (Wildman–Crippen LogP) is 4.03. The van der Waals surface area contributed by atoms with Crippen LogP contribution in [0.2, 0.25) is 0 Å². The van der Waals surface area contributed by atoms with E-state index < -0.39 is 0 Å². The SMILES string of the molecule is CCCN(CCC)Cc1ccc(NC=C2C(=O)NC(=O)c3ccccc32)cc1. The van der Waals surface area contributed by atoms with Gasteiger partial charge in [-0.25, -0.2) is 0 Å². The number of imide groups is 1. The molecule has 2 N–H and O–H groups in total. The van der Waals surface area contributed by atoms with Gasteiger partial charge in [0.1, 0.15) is 0 Å². The molecule has 5 nitrogen and oxygen atoms in total. The molecule has 0 aliphatic carbocycles. The summed E-state index contributed by atoms with van der Waals surface area (Å²) in [6.45, 7) is 7.56. The van der Waals surface area contributed by atoms with Crippen LogP contribution in [0.4, 0.5) is 5.69 Å². The van der Waals surface area contributed by atoms with Crippen molar-refractivity contribution in [1.29, 1.82) is 0 Å². The van der Waals surface area contributed by atoms with Gasteiger partial charge in [0.05, 0.1) is 5.57 Å². The molecule has 0 bridgehead atoms. The van der Waals surface area contributed by atoms with Crippen LogP contribution in [0.1, 0.15) is 48.2 Å². The highest BCUT2D eigenvalue weighted by Crippen LogP contribution is 2.24. The Balaban J connectivity index is 1.71. The van der Waals surface area contributed by atoms with Gasteiger partial charge in [0.2, 0.25) is 0 Å². The smallest absolute Gasteiger partial charge is 0.260 e. The van der Waals surface area contributed by atoms with E-state index in [1.54, 1.807) is 24.4 Å². The molecule has 1 aliphatic heterocycles. The molecule has 0 saturated carbocycles. The monoisotopic (exact) mass is 377 g/mol. The summed E-state index contributed by atoms with van der Waals surface area (Å²) < 4.78 is 0. The fourth-order valence-electron chi connectivity index (χ4n) is 3.44. The molecule has 0 spiro atoms.